The molecule has 0 spiro atoms. The summed E-state index contributed by atoms with van der Waals surface area (Å²) in [5, 5.41) is 19.7. The number of aliphatic carboxylic acids is 1. The molecule has 8 heteroatoms. The van der Waals surface area contributed by atoms with Gasteiger partial charge >= 0.3 is 5.97 Å². The van der Waals surface area contributed by atoms with Crippen molar-refractivity contribution in [2.75, 3.05) is 5.75 Å². The van der Waals surface area contributed by atoms with Crippen molar-refractivity contribution in [2.24, 2.45) is 5.73 Å². The second-order valence-electron chi connectivity index (χ2n) is 3.49. The minimum absolute atomic E-state index is 0.0705. The van der Waals surface area contributed by atoms with Gasteiger partial charge in [-0.1, -0.05) is 11.6 Å². The Morgan fingerprint density at radius 3 is 2.83 bits per heavy atom. The summed E-state index contributed by atoms with van der Waals surface area (Å²) < 4.78 is 0. The molecule has 0 aliphatic heterocycles. The molecular weight excluding hydrogens is 280 g/mol. The number of nitrogens with two attached hydrogens (primary N) is 1. The number of carbonyl (C=O) groups is 1. The normalized spacial score (nSPS) is 12.1. The first-order valence-electron chi connectivity index (χ1n) is 4.90. The highest BCUT2D eigenvalue weighted by atomic mass is 35.5. The van der Waals surface area contributed by atoms with Gasteiger partial charge in [-0.15, -0.1) is 0 Å². The molecule has 0 aliphatic carbocycles. The summed E-state index contributed by atoms with van der Waals surface area (Å²) in [6, 6.07) is 3.41. The van der Waals surface area contributed by atoms with Crippen molar-refractivity contribution >= 4 is 35.0 Å². The van der Waals surface area contributed by atoms with Crippen LogP contribution >= 0.6 is 23.4 Å². The number of carboxylic acid groups (broad SMARTS) is 1. The minimum atomic E-state index is -1.09. The third kappa shape index (κ3) is 4.17. The molecule has 0 radical (unpaired) electrons. The zero-order valence-corrected chi connectivity index (χ0v) is 10.8. The van der Waals surface area contributed by atoms with E-state index in [1.165, 1.54) is 17.8 Å². The van der Waals surface area contributed by atoms with Crippen LogP contribution in [0.5, 0.6) is 0 Å². The summed E-state index contributed by atoms with van der Waals surface area (Å²) in [6.07, 6.45) is 0. The molecule has 3 N–H and O–H groups in total. The Bertz CT molecular complexity index is 469. The van der Waals surface area contributed by atoms with Crippen molar-refractivity contribution in [1.82, 2.24) is 0 Å². The SMILES string of the molecule is NC(CSCc1ccc(Cl)cc1[N+](=O)[O-])C(=O)O. The van der Waals surface area contributed by atoms with Crippen LogP contribution in [0.4, 0.5) is 5.69 Å². The van der Waals surface area contributed by atoms with Gasteiger partial charge in [0, 0.05) is 28.2 Å². The Balaban J connectivity index is 2.67. The molecule has 1 atom stereocenters. The average molecular weight is 291 g/mol. The van der Waals surface area contributed by atoms with Gasteiger partial charge in [-0.25, -0.2) is 0 Å². The lowest BCUT2D eigenvalue weighted by Crippen LogP contribution is -2.32. The van der Waals surface area contributed by atoms with E-state index in [-0.39, 0.29) is 16.5 Å². The molecule has 18 heavy (non-hydrogen) atoms. The van der Waals surface area contributed by atoms with Crippen LogP contribution in [-0.4, -0.2) is 27.8 Å². The third-order valence-corrected chi connectivity index (χ3v) is 3.46. The van der Waals surface area contributed by atoms with Crippen molar-refractivity contribution in [1.29, 1.82) is 0 Å². The van der Waals surface area contributed by atoms with Crippen LogP contribution in [0, 0.1) is 10.1 Å². The molecule has 0 aliphatic rings. The third-order valence-electron chi connectivity index (χ3n) is 2.12. The molecule has 98 valence electrons. The Hall–Kier alpha value is -1.31. The Labute approximate surface area is 112 Å². The first-order chi connectivity index (χ1) is 8.41. The first kappa shape index (κ1) is 14.7. The summed E-state index contributed by atoms with van der Waals surface area (Å²) in [6.45, 7) is 0. The van der Waals surface area contributed by atoms with E-state index in [2.05, 4.69) is 0 Å². The maximum atomic E-state index is 10.8. The first-order valence-corrected chi connectivity index (χ1v) is 6.44. The van der Waals surface area contributed by atoms with Crippen LogP contribution in [-0.2, 0) is 10.5 Å². The molecule has 0 saturated carbocycles. The molecule has 0 bridgehead atoms. The summed E-state index contributed by atoms with van der Waals surface area (Å²) in [4.78, 5) is 20.8. The Kier molecular flexibility index (Phi) is 5.39. The molecule has 0 fully saturated rings. The predicted molar refractivity (Wildman–Crippen MR) is 69.9 cm³/mol. The highest BCUT2D eigenvalue weighted by Gasteiger charge is 2.16. The average Bonchev–Trinajstić information content (AvgIpc) is 2.30. The molecule has 1 aromatic carbocycles. The molecule has 1 rings (SSSR count). The molecular formula is C10H11ClN2O4S. The summed E-state index contributed by atoms with van der Waals surface area (Å²) in [5.74, 6) is -0.586. The lowest BCUT2D eigenvalue weighted by Gasteiger charge is -2.06. The monoisotopic (exact) mass is 290 g/mol. The fraction of sp³-hybridized carbons (Fsp3) is 0.300. The maximum Gasteiger partial charge on any atom is 0.321 e. The molecule has 0 saturated heterocycles. The second-order valence-corrected chi connectivity index (χ2v) is 4.96. The highest BCUT2D eigenvalue weighted by molar-refractivity contribution is 7.98. The van der Waals surface area contributed by atoms with Gasteiger partial charge in [-0.3, -0.25) is 14.9 Å². The van der Waals surface area contributed by atoms with Crippen LogP contribution in [0.3, 0.4) is 0 Å². The number of carboxylic acids is 1. The van der Waals surface area contributed by atoms with E-state index in [0.717, 1.165) is 0 Å². The van der Waals surface area contributed by atoms with Crippen LogP contribution in [0.1, 0.15) is 5.56 Å². The second kappa shape index (κ2) is 6.58. The number of nitrogens with zero attached hydrogens (tertiary/aromatic N) is 1. The molecule has 6 nitrogen and oxygen atoms in total. The van der Waals surface area contributed by atoms with E-state index in [1.54, 1.807) is 12.1 Å². The quantitative estimate of drug-likeness (QED) is 0.612. The highest BCUT2D eigenvalue weighted by Crippen LogP contribution is 2.26. The van der Waals surface area contributed by atoms with Gasteiger partial charge in [-0.2, -0.15) is 11.8 Å². The van der Waals surface area contributed by atoms with Crippen LogP contribution in [0.15, 0.2) is 18.2 Å². The summed E-state index contributed by atoms with van der Waals surface area (Å²) in [5.41, 5.74) is 5.75. The standard InChI is InChI=1S/C10H11ClN2O4S/c11-7-2-1-6(9(3-7)13(16)17)4-18-5-8(12)10(14)15/h1-3,8H,4-5,12H2,(H,14,15). The Morgan fingerprint density at radius 1 is 1.61 bits per heavy atom. The number of hydrogen-bond donors (Lipinski definition) is 2. The number of nitro groups is 1. The number of halogens is 1. The number of hydrogen-bond acceptors (Lipinski definition) is 5. The molecule has 0 amide bonds. The molecule has 1 aromatic rings. The van der Waals surface area contributed by atoms with Gasteiger partial charge in [-0.05, 0) is 12.1 Å². The molecule has 0 aromatic heterocycles. The van der Waals surface area contributed by atoms with Gasteiger partial charge < -0.3 is 10.8 Å². The Morgan fingerprint density at radius 2 is 2.28 bits per heavy atom. The van der Waals surface area contributed by atoms with Crippen LogP contribution in [0.2, 0.25) is 5.02 Å². The van der Waals surface area contributed by atoms with Crippen molar-refractivity contribution in [3.8, 4) is 0 Å². The van der Waals surface area contributed by atoms with E-state index in [0.29, 0.717) is 11.3 Å². The van der Waals surface area contributed by atoms with Gasteiger partial charge in [0.2, 0.25) is 0 Å². The largest absolute Gasteiger partial charge is 0.480 e. The zero-order chi connectivity index (χ0) is 13.7. The fourth-order valence-electron chi connectivity index (χ4n) is 1.20. The summed E-state index contributed by atoms with van der Waals surface area (Å²) >= 11 is 6.90. The van der Waals surface area contributed by atoms with E-state index in [1.807, 2.05) is 0 Å². The minimum Gasteiger partial charge on any atom is -0.480 e. The number of thioether (sulfide) groups is 1. The predicted octanol–water partition coefficient (Wildman–Crippen LogP) is 1.89. The lowest BCUT2D eigenvalue weighted by atomic mass is 10.2. The molecule has 1 unspecified atom stereocenters. The van der Waals surface area contributed by atoms with Gasteiger partial charge in [0.1, 0.15) is 6.04 Å². The van der Waals surface area contributed by atoms with Gasteiger partial charge in [0.25, 0.3) is 5.69 Å². The van der Waals surface area contributed by atoms with Crippen molar-refractivity contribution in [3.63, 3.8) is 0 Å². The van der Waals surface area contributed by atoms with Gasteiger partial charge in [0.05, 0.1) is 4.92 Å². The van der Waals surface area contributed by atoms with E-state index < -0.39 is 16.9 Å². The number of benzene rings is 1. The molecule has 0 heterocycles. The van der Waals surface area contributed by atoms with E-state index in [9.17, 15) is 14.9 Å². The van der Waals surface area contributed by atoms with Crippen molar-refractivity contribution in [2.45, 2.75) is 11.8 Å². The zero-order valence-electron chi connectivity index (χ0n) is 9.21. The maximum absolute atomic E-state index is 10.8. The number of rotatable bonds is 6. The van der Waals surface area contributed by atoms with E-state index >= 15 is 0 Å². The smallest absolute Gasteiger partial charge is 0.321 e. The summed E-state index contributed by atoms with van der Waals surface area (Å²) in [7, 11) is 0. The topological polar surface area (TPSA) is 106 Å². The van der Waals surface area contributed by atoms with Gasteiger partial charge in [0.15, 0.2) is 0 Å². The van der Waals surface area contributed by atoms with Crippen molar-refractivity contribution < 1.29 is 14.8 Å². The van der Waals surface area contributed by atoms with E-state index in [4.69, 9.17) is 22.4 Å². The number of nitro benzene ring substituents is 1. The van der Waals surface area contributed by atoms with Crippen LogP contribution in [0.25, 0.3) is 0 Å². The van der Waals surface area contributed by atoms with Crippen LogP contribution < -0.4 is 5.73 Å². The lowest BCUT2D eigenvalue weighted by molar-refractivity contribution is -0.385. The fourth-order valence-corrected chi connectivity index (χ4v) is 2.34. The van der Waals surface area contributed by atoms with Crippen molar-refractivity contribution in [3.05, 3.63) is 38.9 Å².